The van der Waals surface area contributed by atoms with Gasteiger partial charge in [0.25, 0.3) is 0 Å². The molecule has 1 aromatic heterocycles. The minimum absolute atomic E-state index is 0.0319. The summed E-state index contributed by atoms with van der Waals surface area (Å²) in [6, 6.07) is -0.748. The Morgan fingerprint density at radius 2 is 2.14 bits per heavy atom. The zero-order valence-electron chi connectivity index (χ0n) is 11.6. The molecule has 116 valence electrons. The summed E-state index contributed by atoms with van der Waals surface area (Å²) in [6.45, 7) is 2.15. The van der Waals surface area contributed by atoms with Gasteiger partial charge in [-0.1, -0.05) is 0 Å². The number of primary amides is 1. The van der Waals surface area contributed by atoms with Gasteiger partial charge in [0, 0.05) is 18.3 Å². The molecule has 0 saturated heterocycles. The maximum Gasteiger partial charge on any atom is 0.355 e. The van der Waals surface area contributed by atoms with Gasteiger partial charge in [-0.15, -0.1) is 11.3 Å². The van der Waals surface area contributed by atoms with Gasteiger partial charge in [-0.05, 0) is 19.8 Å². The molecule has 0 aromatic carbocycles. The first-order valence-electron chi connectivity index (χ1n) is 6.41. The first kappa shape index (κ1) is 16.9. The van der Waals surface area contributed by atoms with Crippen molar-refractivity contribution in [2.24, 2.45) is 5.73 Å². The standard InChI is InChI=1S/C12H18N4O4S/c1-7(10-16-8(6-21-10)11(18)19)15-12(20)14-5-3-2-4-9(13)17/h6-7H,2-5H2,1H3,(H2,13,17)(H,18,19)(H2,14,15,20). The van der Waals surface area contributed by atoms with Crippen molar-refractivity contribution in [1.29, 1.82) is 0 Å². The second kappa shape index (κ2) is 8.20. The van der Waals surface area contributed by atoms with E-state index in [1.54, 1.807) is 6.92 Å². The Kier molecular flexibility index (Phi) is 6.60. The van der Waals surface area contributed by atoms with Crippen molar-refractivity contribution in [3.63, 3.8) is 0 Å². The van der Waals surface area contributed by atoms with Gasteiger partial charge in [-0.3, -0.25) is 4.79 Å². The number of hydrogen-bond acceptors (Lipinski definition) is 5. The van der Waals surface area contributed by atoms with E-state index in [-0.39, 0.29) is 23.7 Å². The van der Waals surface area contributed by atoms with Crippen LogP contribution in [0.1, 0.15) is 47.7 Å². The number of carbonyl (C=O) groups excluding carboxylic acids is 2. The lowest BCUT2D eigenvalue weighted by Gasteiger charge is -2.12. The number of nitrogens with one attached hydrogen (secondary N) is 2. The van der Waals surface area contributed by atoms with Gasteiger partial charge >= 0.3 is 12.0 Å². The van der Waals surface area contributed by atoms with Crippen LogP contribution in [0.2, 0.25) is 0 Å². The van der Waals surface area contributed by atoms with Crippen molar-refractivity contribution < 1.29 is 19.5 Å². The molecule has 0 aliphatic heterocycles. The number of carboxylic acids is 1. The summed E-state index contributed by atoms with van der Waals surface area (Å²) in [5.41, 5.74) is 4.97. The topological polar surface area (TPSA) is 134 Å². The molecule has 0 aliphatic rings. The number of aromatic carboxylic acids is 1. The van der Waals surface area contributed by atoms with Crippen molar-refractivity contribution in [1.82, 2.24) is 15.6 Å². The molecular weight excluding hydrogens is 296 g/mol. The van der Waals surface area contributed by atoms with Crippen LogP contribution >= 0.6 is 11.3 Å². The number of carbonyl (C=O) groups is 3. The second-order valence-electron chi connectivity index (χ2n) is 4.42. The van der Waals surface area contributed by atoms with Gasteiger partial charge in [0.15, 0.2) is 5.69 Å². The Morgan fingerprint density at radius 3 is 2.71 bits per heavy atom. The third kappa shape index (κ3) is 6.21. The van der Waals surface area contributed by atoms with Gasteiger partial charge < -0.3 is 21.5 Å². The molecule has 1 heterocycles. The molecule has 0 bridgehead atoms. The number of carboxylic acid groups (broad SMARTS) is 1. The Balaban J connectivity index is 2.29. The maximum absolute atomic E-state index is 11.6. The van der Waals surface area contributed by atoms with Crippen LogP contribution in [0.3, 0.4) is 0 Å². The van der Waals surface area contributed by atoms with E-state index < -0.39 is 5.97 Å². The third-order valence-electron chi connectivity index (χ3n) is 2.59. The van der Waals surface area contributed by atoms with E-state index in [4.69, 9.17) is 10.8 Å². The van der Waals surface area contributed by atoms with Crippen molar-refractivity contribution in [2.75, 3.05) is 6.54 Å². The summed E-state index contributed by atoms with van der Waals surface area (Å²) in [5.74, 6) is -1.45. The van der Waals surface area contributed by atoms with Crippen LogP contribution in [0.5, 0.6) is 0 Å². The number of amides is 3. The average Bonchev–Trinajstić information content (AvgIpc) is 2.87. The van der Waals surface area contributed by atoms with Gasteiger partial charge in [0.2, 0.25) is 5.91 Å². The van der Waals surface area contributed by atoms with Crippen LogP contribution in [0.4, 0.5) is 4.79 Å². The SMILES string of the molecule is CC(NC(=O)NCCCCC(N)=O)c1nc(C(=O)O)cs1. The van der Waals surface area contributed by atoms with Crippen LogP contribution in [-0.2, 0) is 4.79 Å². The number of aromatic nitrogens is 1. The van der Waals surface area contributed by atoms with Crippen LogP contribution in [0.15, 0.2) is 5.38 Å². The summed E-state index contributed by atoms with van der Waals surface area (Å²) in [6.07, 6.45) is 1.58. The molecule has 5 N–H and O–H groups in total. The molecule has 9 heteroatoms. The summed E-state index contributed by atoms with van der Waals surface area (Å²) < 4.78 is 0. The predicted molar refractivity (Wildman–Crippen MR) is 77.1 cm³/mol. The lowest BCUT2D eigenvalue weighted by molar-refractivity contribution is -0.118. The van der Waals surface area contributed by atoms with E-state index in [0.717, 1.165) is 0 Å². The van der Waals surface area contributed by atoms with E-state index in [9.17, 15) is 14.4 Å². The molecule has 21 heavy (non-hydrogen) atoms. The fourth-order valence-corrected chi connectivity index (χ4v) is 2.32. The van der Waals surface area contributed by atoms with Gasteiger partial charge in [0.1, 0.15) is 5.01 Å². The first-order chi connectivity index (χ1) is 9.90. The smallest absolute Gasteiger partial charge is 0.355 e. The van der Waals surface area contributed by atoms with Crippen molar-refractivity contribution in [3.8, 4) is 0 Å². The van der Waals surface area contributed by atoms with E-state index >= 15 is 0 Å². The molecule has 0 aliphatic carbocycles. The highest BCUT2D eigenvalue weighted by Crippen LogP contribution is 2.17. The number of unbranched alkanes of at least 4 members (excludes halogenated alkanes) is 1. The Bertz CT molecular complexity index is 517. The predicted octanol–water partition coefficient (Wildman–Crippen LogP) is 0.857. The number of urea groups is 1. The molecule has 0 saturated carbocycles. The van der Waals surface area contributed by atoms with Crippen molar-refractivity contribution in [3.05, 3.63) is 16.1 Å². The van der Waals surface area contributed by atoms with Crippen molar-refractivity contribution >= 4 is 29.2 Å². The molecule has 1 rings (SSSR count). The van der Waals surface area contributed by atoms with Gasteiger partial charge in [-0.2, -0.15) is 0 Å². The van der Waals surface area contributed by atoms with Gasteiger partial charge in [-0.25, -0.2) is 14.6 Å². The van der Waals surface area contributed by atoms with E-state index in [1.807, 2.05) is 0 Å². The quantitative estimate of drug-likeness (QED) is 0.528. The monoisotopic (exact) mass is 314 g/mol. The number of nitrogens with zero attached hydrogens (tertiary/aromatic N) is 1. The summed E-state index contributed by atoms with van der Waals surface area (Å²) in [7, 11) is 0. The highest BCUT2D eigenvalue weighted by atomic mass is 32.1. The normalized spacial score (nSPS) is 11.7. The number of nitrogens with two attached hydrogens (primary N) is 1. The van der Waals surface area contributed by atoms with Crippen LogP contribution < -0.4 is 16.4 Å². The lowest BCUT2D eigenvalue weighted by Crippen LogP contribution is -2.37. The molecule has 1 unspecified atom stereocenters. The van der Waals surface area contributed by atoms with Crippen LogP contribution in [-0.4, -0.2) is 34.5 Å². The van der Waals surface area contributed by atoms with Crippen LogP contribution in [0.25, 0.3) is 0 Å². The lowest BCUT2D eigenvalue weighted by atomic mass is 10.2. The zero-order valence-corrected chi connectivity index (χ0v) is 12.4. The molecule has 1 aromatic rings. The summed E-state index contributed by atoms with van der Waals surface area (Å²) >= 11 is 1.18. The average molecular weight is 314 g/mol. The number of hydrogen-bond donors (Lipinski definition) is 4. The maximum atomic E-state index is 11.6. The number of thiazole rings is 1. The molecule has 0 radical (unpaired) electrons. The Hall–Kier alpha value is -2.16. The fourth-order valence-electron chi connectivity index (χ4n) is 1.52. The third-order valence-corrected chi connectivity index (χ3v) is 3.62. The second-order valence-corrected chi connectivity index (χ2v) is 5.31. The molecular formula is C12H18N4O4S. The molecule has 0 spiro atoms. The first-order valence-corrected chi connectivity index (χ1v) is 7.29. The van der Waals surface area contributed by atoms with Gasteiger partial charge in [0.05, 0.1) is 6.04 Å². The minimum Gasteiger partial charge on any atom is -0.476 e. The molecule has 0 fully saturated rings. The zero-order chi connectivity index (χ0) is 15.8. The van der Waals surface area contributed by atoms with E-state index in [1.165, 1.54) is 16.7 Å². The van der Waals surface area contributed by atoms with E-state index in [0.29, 0.717) is 30.8 Å². The molecule has 1 atom stereocenters. The summed E-state index contributed by atoms with van der Waals surface area (Å²) in [5, 5.41) is 16.0. The number of rotatable bonds is 8. The van der Waals surface area contributed by atoms with E-state index in [2.05, 4.69) is 15.6 Å². The highest BCUT2D eigenvalue weighted by Gasteiger charge is 2.15. The Labute approximate surface area is 125 Å². The summed E-state index contributed by atoms with van der Waals surface area (Å²) in [4.78, 5) is 36.8. The Morgan fingerprint density at radius 1 is 1.43 bits per heavy atom. The largest absolute Gasteiger partial charge is 0.476 e. The fraction of sp³-hybridized carbons (Fsp3) is 0.500. The molecule has 8 nitrogen and oxygen atoms in total. The molecule has 3 amide bonds. The highest BCUT2D eigenvalue weighted by molar-refractivity contribution is 7.09. The van der Waals surface area contributed by atoms with Crippen molar-refractivity contribution in [2.45, 2.75) is 32.2 Å². The van der Waals surface area contributed by atoms with Crippen LogP contribution in [0, 0.1) is 0 Å². The minimum atomic E-state index is -1.09.